The monoisotopic (exact) mass is 481 g/mol. The van der Waals surface area contributed by atoms with Gasteiger partial charge in [0.2, 0.25) is 5.91 Å². The van der Waals surface area contributed by atoms with Crippen LogP contribution in [0.25, 0.3) is 11.0 Å². The molecule has 1 N–H and O–H groups in total. The number of rotatable bonds is 4. The Bertz CT molecular complexity index is 1160. The Labute approximate surface area is 189 Å². The maximum absolute atomic E-state index is 13.1. The molecular weight excluding hydrogens is 458 g/mol. The third-order valence-corrected chi connectivity index (χ3v) is 6.81. The second-order valence-corrected chi connectivity index (χ2v) is 9.62. The highest BCUT2D eigenvalue weighted by Crippen LogP contribution is 2.46. The van der Waals surface area contributed by atoms with Crippen molar-refractivity contribution in [2.24, 2.45) is 5.92 Å². The summed E-state index contributed by atoms with van der Waals surface area (Å²) in [6, 6.07) is 11.5. The van der Waals surface area contributed by atoms with E-state index in [1.807, 2.05) is 44.2 Å². The molecule has 2 amide bonds. The second kappa shape index (κ2) is 7.79. The lowest BCUT2D eigenvalue weighted by atomic mass is 10.1. The van der Waals surface area contributed by atoms with E-state index in [9.17, 15) is 9.59 Å². The number of furan rings is 1. The summed E-state index contributed by atoms with van der Waals surface area (Å²) in [5, 5.41) is 4.06. The molecule has 5 rings (SSSR count). The van der Waals surface area contributed by atoms with Crippen molar-refractivity contribution in [3.63, 3.8) is 0 Å². The van der Waals surface area contributed by atoms with Crippen molar-refractivity contribution in [2.75, 3.05) is 6.54 Å². The zero-order chi connectivity index (χ0) is 21.7. The van der Waals surface area contributed by atoms with E-state index < -0.39 is 0 Å². The molecule has 1 saturated carbocycles. The lowest BCUT2D eigenvalue weighted by molar-refractivity contribution is -0.123. The molecule has 1 aromatic carbocycles. The highest BCUT2D eigenvalue weighted by atomic mass is 79.9. The largest absolute Gasteiger partial charge is 0.451 e. The van der Waals surface area contributed by atoms with Gasteiger partial charge in [0, 0.05) is 52.2 Å². The van der Waals surface area contributed by atoms with Gasteiger partial charge in [0.1, 0.15) is 5.58 Å². The first-order chi connectivity index (χ1) is 14.9. The fraction of sp³-hybridized carbons (Fsp3) is 0.375. The Morgan fingerprint density at radius 1 is 1.23 bits per heavy atom. The number of pyridine rings is 1. The molecule has 2 unspecified atom stereocenters. The molecule has 0 spiro atoms. The van der Waals surface area contributed by atoms with Crippen LogP contribution in [0.5, 0.6) is 0 Å². The van der Waals surface area contributed by atoms with Crippen LogP contribution in [0.2, 0.25) is 0 Å². The fourth-order valence-electron chi connectivity index (χ4n) is 4.66. The van der Waals surface area contributed by atoms with Crippen molar-refractivity contribution in [1.29, 1.82) is 0 Å². The number of aryl methyl sites for hydroxylation is 1. The molecule has 2 fully saturated rings. The highest BCUT2D eigenvalue weighted by molar-refractivity contribution is 9.10. The minimum atomic E-state index is -0.131. The number of fused-ring (bicyclic) bond motifs is 1. The number of carbonyl (C=O) groups is 2. The molecule has 31 heavy (non-hydrogen) atoms. The predicted molar refractivity (Wildman–Crippen MR) is 121 cm³/mol. The molecule has 2 aromatic heterocycles. The normalized spacial score (nSPS) is 25.1. The number of amides is 2. The summed E-state index contributed by atoms with van der Waals surface area (Å²) in [7, 11) is 0. The molecule has 2 aliphatic rings. The smallest absolute Gasteiger partial charge is 0.289 e. The van der Waals surface area contributed by atoms with Gasteiger partial charge >= 0.3 is 0 Å². The van der Waals surface area contributed by atoms with Gasteiger partial charge in [-0.1, -0.05) is 22.0 Å². The van der Waals surface area contributed by atoms with Gasteiger partial charge in [0.15, 0.2) is 5.76 Å². The summed E-state index contributed by atoms with van der Waals surface area (Å²) in [5.74, 6) is 0.454. The van der Waals surface area contributed by atoms with Crippen molar-refractivity contribution in [3.05, 3.63) is 64.1 Å². The van der Waals surface area contributed by atoms with Crippen LogP contribution in [-0.2, 0) is 4.79 Å². The number of likely N-dealkylation sites (tertiary alicyclic amines) is 1. The summed E-state index contributed by atoms with van der Waals surface area (Å²) in [6.45, 7) is 4.47. The Balaban J connectivity index is 1.24. The maximum Gasteiger partial charge on any atom is 0.289 e. The Hall–Kier alpha value is -2.67. The number of nitrogens with zero attached hydrogens (tertiary/aromatic N) is 2. The molecule has 160 valence electrons. The van der Waals surface area contributed by atoms with Crippen LogP contribution in [0.1, 0.15) is 47.5 Å². The minimum Gasteiger partial charge on any atom is -0.451 e. The SMILES string of the molecule is Cc1cc(Br)cc2cc(C(=O)N3CC(NC(=O)[C@@H]4C[C@H]4c4ccccn4)CC3C)oc12. The van der Waals surface area contributed by atoms with Crippen LogP contribution >= 0.6 is 15.9 Å². The molecular formula is C24H24BrN3O3. The van der Waals surface area contributed by atoms with Crippen LogP contribution in [0, 0.1) is 12.8 Å². The maximum atomic E-state index is 13.1. The molecule has 1 aliphatic carbocycles. The number of halogens is 1. The number of carbonyl (C=O) groups excluding carboxylic acids is 2. The number of aromatic nitrogens is 1. The second-order valence-electron chi connectivity index (χ2n) is 8.70. The number of hydrogen-bond donors (Lipinski definition) is 1. The summed E-state index contributed by atoms with van der Waals surface area (Å²) < 4.78 is 6.85. The van der Waals surface area contributed by atoms with Crippen LogP contribution in [-0.4, -0.2) is 40.3 Å². The van der Waals surface area contributed by atoms with Crippen LogP contribution < -0.4 is 5.32 Å². The molecule has 3 aromatic rings. The van der Waals surface area contributed by atoms with Gasteiger partial charge in [-0.3, -0.25) is 14.6 Å². The molecule has 6 nitrogen and oxygen atoms in total. The van der Waals surface area contributed by atoms with E-state index in [0.717, 1.165) is 39.5 Å². The molecule has 1 saturated heterocycles. The first-order valence-electron chi connectivity index (χ1n) is 10.6. The molecule has 3 heterocycles. The van der Waals surface area contributed by atoms with Crippen LogP contribution in [0.4, 0.5) is 0 Å². The summed E-state index contributed by atoms with van der Waals surface area (Å²) >= 11 is 3.49. The quantitative estimate of drug-likeness (QED) is 0.598. The summed E-state index contributed by atoms with van der Waals surface area (Å²) in [4.78, 5) is 32.0. The van der Waals surface area contributed by atoms with E-state index in [-0.39, 0.29) is 35.7 Å². The number of nitrogens with one attached hydrogen (secondary N) is 1. The van der Waals surface area contributed by atoms with Gasteiger partial charge in [-0.15, -0.1) is 0 Å². The lowest BCUT2D eigenvalue weighted by Crippen LogP contribution is -2.39. The van der Waals surface area contributed by atoms with Gasteiger partial charge in [0.05, 0.1) is 0 Å². The average molecular weight is 482 g/mol. The minimum absolute atomic E-state index is 0.0215. The fourth-order valence-corrected chi connectivity index (χ4v) is 5.25. The van der Waals surface area contributed by atoms with Crippen molar-refractivity contribution < 1.29 is 14.0 Å². The van der Waals surface area contributed by atoms with Crippen LogP contribution in [0.15, 0.2) is 51.5 Å². The zero-order valence-corrected chi connectivity index (χ0v) is 19.1. The summed E-state index contributed by atoms with van der Waals surface area (Å²) in [6.07, 6.45) is 3.34. The van der Waals surface area contributed by atoms with Gasteiger partial charge in [0.25, 0.3) is 5.91 Å². The first kappa shape index (κ1) is 20.2. The van der Waals surface area contributed by atoms with Gasteiger partial charge < -0.3 is 14.6 Å². The third-order valence-electron chi connectivity index (χ3n) is 6.35. The van der Waals surface area contributed by atoms with Gasteiger partial charge in [-0.2, -0.15) is 0 Å². The van der Waals surface area contributed by atoms with Crippen molar-refractivity contribution in [1.82, 2.24) is 15.2 Å². The van der Waals surface area contributed by atoms with E-state index in [1.165, 1.54) is 0 Å². The molecule has 0 radical (unpaired) electrons. The zero-order valence-electron chi connectivity index (χ0n) is 17.5. The van der Waals surface area contributed by atoms with Crippen molar-refractivity contribution in [2.45, 2.75) is 44.7 Å². The molecule has 7 heteroatoms. The van der Waals surface area contributed by atoms with Gasteiger partial charge in [-0.05, 0) is 62.6 Å². The van der Waals surface area contributed by atoms with Gasteiger partial charge in [-0.25, -0.2) is 0 Å². The molecule has 0 bridgehead atoms. The third kappa shape index (κ3) is 3.87. The topological polar surface area (TPSA) is 75.4 Å². The van der Waals surface area contributed by atoms with E-state index in [4.69, 9.17) is 4.42 Å². The van der Waals surface area contributed by atoms with E-state index in [1.54, 1.807) is 17.2 Å². The number of hydrogen-bond acceptors (Lipinski definition) is 4. The predicted octanol–water partition coefficient (Wildman–Crippen LogP) is 4.42. The van der Waals surface area contributed by atoms with Crippen LogP contribution in [0.3, 0.4) is 0 Å². The molecule has 1 aliphatic heterocycles. The number of benzene rings is 1. The van der Waals surface area contributed by atoms with Crippen molar-refractivity contribution >= 4 is 38.7 Å². The molecule has 4 atom stereocenters. The van der Waals surface area contributed by atoms with Crippen molar-refractivity contribution in [3.8, 4) is 0 Å². The Kier molecular flexibility index (Phi) is 5.08. The van der Waals surface area contributed by atoms with E-state index >= 15 is 0 Å². The van der Waals surface area contributed by atoms with E-state index in [0.29, 0.717) is 12.3 Å². The lowest BCUT2D eigenvalue weighted by Gasteiger charge is -2.20. The highest BCUT2D eigenvalue weighted by Gasteiger charge is 2.46. The Morgan fingerprint density at radius 3 is 2.84 bits per heavy atom. The summed E-state index contributed by atoms with van der Waals surface area (Å²) in [5.41, 5.74) is 2.69. The Morgan fingerprint density at radius 2 is 2.06 bits per heavy atom. The average Bonchev–Trinajstić information content (AvgIpc) is 3.31. The van der Waals surface area contributed by atoms with E-state index in [2.05, 4.69) is 26.2 Å². The first-order valence-corrected chi connectivity index (χ1v) is 11.4. The standard InChI is InChI=1S/C24H24BrN3O3/c1-13-7-16(25)9-15-10-21(31-22(13)15)24(30)28-12-17(8-14(28)2)27-23(29)19-11-18(19)20-5-3-4-6-26-20/h3-7,9-10,14,17-19H,8,11-12H2,1-2H3,(H,27,29)/t14?,17?,18-,19-/m1/s1.